The Hall–Kier alpha value is -5.08. The van der Waals surface area contributed by atoms with E-state index in [2.05, 4.69) is 233 Å². The Morgan fingerprint density at radius 3 is 0.935 bits per heavy atom. The molecule has 4 heteroatoms. The van der Waals surface area contributed by atoms with Crippen LogP contribution in [0.25, 0.3) is 78.9 Å². The van der Waals surface area contributed by atoms with Crippen LogP contribution in [-0.4, -0.2) is 5.92 Å². The van der Waals surface area contributed by atoms with Gasteiger partial charge in [-0.1, -0.05) is 0 Å². The standard InChI is InChI=1S/2C28H21.C2H7Si.2ClH.Zr/c2*1-20-15-23-13-8-14-27(28(23)16-20)26-18-24(21-9-4-2-5-10-21)17-25(19-26)22-11-6-3-7-12-22;1-3-2;;;/h2*2-19H,1H3;3H,1-2H3;2*1H;/q;;;;;+2/p-2. The topological polar surface area (TPSA) is 0 Å². The second-order valence-electron chi connectivity index (χ2n) is 17.7. The molecule has 2 aliphatic rings. The number of benzene rings is 8. The molecule has 8 aromatic rings. The number of fused-ring (bicyclic) bond motifs is 2. The minimum absolute atomic E-state index is 0.00124. The number of hydrogen-bond acceptors (Lipinski definition) is 0. The first-order valence-corrected chi connectivity index (χ1v) is 38.1. The molecule has 0 nitrogen and oxygen atoms in total. The van der Waals surface area contributed by atoms with E-state index in [9.17, 15) is 0 Å². The first-order valence-electron chi connectivity index (χ1n) is 21.8. The van der Waals surface area contributed by atoms with E-state index in [1.54, 1.807) is 0 Å². The van der Waals surface area contributed by atoms with Gasteiger partial charge in [-0.15, -0.1) is 0 Å². The summed E-state index contributed by atoms with van der Waals surface area (Å²) in [4.78, 5) is 0. The Bertz CT molecular complexity index is 2730. The van der Waals surface area contributed by atoms with Crippen LogP contribution in [-0.2, 0) is 15.6 Å². The van der Waals surface area contributed by atoms with Gasteiger partial charge in [0.2, 0.25) is 0 Å². The maximum absolute atomic E-state index is 8.76. The Labute approximate surface area is 376 Å². The summed E-state index contributed by atoms with van der Waals surface area (Å²) in [6.07, 6.45) is 4.85. The van der Waals surface area contributed by atoms with Crippen LogP contribution in [0.2, 0.25) is 13.1 Å². The van der Waals surface area contributed by atoms with Crippen molar-refractivity contribution in [2.75, 3.05) is 0 Å². The summed E-state index contributed by atoms with van der Waals surface area (Å²) in [7, 11) is 17.5. The van der Waals surface area contributed by atoms with Crippen LogP contribution in [0.4, 0.5) is 0 Å². The van der Waals surface area contributed by atoms with Gasteiger partial charge in [0.15, 0.2) is 0 Å². The molecule has 2 unspecified atom stereocenters. The average Bonchev–Trinajstić information content (AvgIpc) is 3.86. The second kappa shape index (κ2) is 16.2. The van der Waals surface area contributed by atoms with Crippen molar-refractivity contribution in [3.63, 3.8) is 0 Å². The molecule has 0 aromatic heterocycles. The summed E-state index contributed by atoms with van der Waals surface area (Å²) in [5.41, 5.74) is 22.2. The monoisotopic (exact) mass is 933 g/mol. The second-order valence-corrected chi connectivity index (χ2v) is 60.2. The molecule has 0 aliphatic heterocycles. The summed E-state index contributed by atoms with van der Waals surface area (Å²) in [5, 5.41) is 0. The first kappa shape index (κ1) is 41.0. The number of halogens is 2. The molecule has 2 aliphatic carbocycles. The summed E-state index contributed by atoms with van der Waals surface area (Å²) < 4.78 is 0.00248. The fourth-order valence-corrected chi connectivity index (χ4v) is 43.6. The van der Waals surface area contributed by atoms with Gasteiger partial charge in [-0.3, -0.25) is 0 Å². The zero-order valence-corrected chi connectivity index (χ0v) is 40.7. The summed E-state index contributed by atoms with van der Waals surface area (Å²) in [6, 6.07) is 70.7. The van der Waals surface area contributed by atoms with Gasteiger partial charge in [0, 0.05) is 0 Å². The van der Waals surface area contributed by atoms with Gasteiger partial charge >= 0.3 is 379 Å². The number of allylic oxidation sites excluding steroid dienone is 2. The van der Waals surface area contributed by atoms with Crippen molar-refractivity contribution in [2.24, 2.45) is 0 Å². The van der Waals surface area contributed by atoms with Crippen molar-refractivity contribution in [2.45, 2.75) is 34.2 Å². The van der Waals surface area contributed by atoms with Crippen molar-refractivity contribution < 1.29 is 15.6 Å². The number of hydrogen-bond donors (Lipinski definition) is 0. The molecule has 0 saturated heterocycles. The molecule has 0 bridgehead atoms. The summed E-state index contributed by atoms with van der Waals surface area (Å²) in [5.74, 6) is -1.73. The van der Waals surface area contributed by atoms with Crippen LogP contribution >= 0.6 is 17.0 Å². The van der Waals surface area contributed by atoms with Gasteiger partial charge in [-0.05, 0) is 0 Å². The fraction of sp³-hybridized carbons (Fsp3) is 0.103. The molecule has 0 fully saturated rings. The van der Waals surface area contributed by atoms with E-state index in [0.29, 0.717) is 0 Å². The molecule has 10 rings (SSSR count). The zero-order chi connectivity index (χ0) is 42.6. The van der Waals surface area contributed by atoms with Gasteiger partial charge in [-0.25, -0.2) is 0 Å². The van der Waals surface area contributed by atoms with Crippen LogP contribution in [0.3, 0.4) is 0 Å². The normalized spacial score (nSPS) is 16.3. The first-order chi connectivity index (χ1) is 30.1. The summed E-state index contributed by atoms with van der Waals surface area (Å²) >= 11 is -4.97. The minimum atomic E-state index is -4.97. The molecule has 303 valence electrons. The third-order valence-corrected chi connectivity index (χ3v) is 65.9. The Morgan fingerprint density at radius 2 is 0.645 bits per heavy atom. The van der Waals surface area contributed by atoms with E-state index in [0.717, 1.165) is 0 Å². The van der Waals surface area contributed by atoms with Crippen molar-refractivity contribution >= 4 is 35.1 Å². The molecular formula is C58H49Cl2SiZr. The molecule has 8 aromatic carbocycles. The third-order valence-electron chi connectivity index (χ3n) is 13.7. The van der Waals surface area contributed by atoms with Crippen LogP contribution in [0.5, 0.6) is 0 Å². The third kappa shape index (κ3) is 7.01. The molecule has 0 heterocycles. The van der Waals surface area contributed by atoms with E-state index in [1.165, 1.54) is 100 Å². The molecule has 0 spiro atoms. The van der Waals surface area contributed by atoms with E-state index >= 15 is 0 Å². The fourth-order valence-electron chi connectivity index (χ4n) is 10.7. The molecule has 0 radical (unpaired) electrons. The SMILES string of the molecule is CC1=Cc2c(-c3cc(-c4ccccc4)cc(-c4ccccc4)c3)cccc2[CH]1[Zr]([Cl])([Cl])([CH]1C(C)=Cc2c(-c3cc(-c4ccccc4)cc(-c4ccccc4)c3)cccc21)[SiH](C)C. The van der Waals surface area contributed by atoms with Gasteiger partial charge in [0.05, 0.1) is 0 Å². The Balaban J connectivity index is 1.11. The zero-order valence-electron chi connectivity index (χ0n) is 35.6. The Morgan fingerprint density at radius 1 is 0.355 bits per heavy atom. The summed E-state index contributed by atoms with van der Waals surface area (Å²) in [6.45, 7) is 9.45. The van der Waals surface area contributed by atoms with Gasteiger partial charge < -0.3 is 0 Å². The molecule has 0 saturated carbocycles. The van der Waals surface area contributed by atoms with Crippen LogP contribution < -0.4 is 0 Å². The van der Waals surface area contributed by atoms with E-state index in [4.69, 9.17) is 17.0 Å². The number of rotatable bonds is 9. The van der Waals surface area contributed by atoms with Crippen molar-refractivity contribution in [3.05, 3.63) is 228 Å². The van der Waals surface area contributed by atoms with Crippen LogP contribution in [0, 0.1) is 0 Å². The molecular weight excluding hydrogens is 887 g/mol. The van der Waals surface area contributed by atoms with Crippen molar-refractivity contribution in [3.8, 4) is 66.8 Å². The van der Waals surface area contributed by atoms with Crippen molar-refractivity contribution in [1.29, 1.82) is 0 Å². The average molecular weight is 936 g/mol. The van der Waals surface area contributed by atoms with Crippen LogP contribution in [0.15, 0.2) is 205 Å². The van der Waals surface area contributed by atoms with Gasteiger partial charge in [0.1, 0.15) is 0 Å². The van der Waals surface area contributed by atoms with Gasteiger partial charge in [0.25, 0.3) is 0 Å². The Kier molecular flexibility index (Phi) is 10.7. The molecule has 2 atom stereocenters. The predicted molar refractivity (Wildman–Crippen MR) is 269 cm³/mol. The molecule has 0 N–H and O–H groups in total. The predicted octanol–water partition coefficient (Wildman–Crippen LogP) is 17.3. The van der Waals surface area contributed by atoms with E-state index in [1.807, 2.05) is 0 Å². The molecule has 0 amide bonds. The van der Waals surface area contributed by atoms with Gasteiger partial charge in [-0.2, -0.15) is 0 Å². The van der Waals surface area contributed by atoms with Crippen LogP contribution in [0.1, 0.15) is 43.4 Å². The van der Waals surface area contributed by atoms with E-state index in [-0.39, 0.29) is 7.25 Å². The van der Waals surface area contributed by atoms with Crippen molar-refractivity contribution in [1.82, 2.24) is 0 Å². The molecule has 62 heavy (non-hydrogen) atoms. The van der Waals surface area contributed by atoms with E-state index < -0.39 is 21.5 Å². The maximum atomic E-state index is 8.76. The quantitative estimate of drug-likeness (QED) is 0.127.